The van der Waals surface area contributed by atoms with Crippen molar-refractivity contribution in [1.29, 1.82) is 0 Å². The van der Waals surface area contributed by atoms with Crippen LogP contribution in [0.5, 0.6) is 0 Å². The molecule has 0 aliphatic heterocycles. The van der Waals surface area contributed by atoms with Crippen LogP contribution in [0.15, 0.2) is 18.5 Å². The van der Waals surface area contributed by atoms with Gasteiger partial charge < -0.3 is 9.64 Å². The van der Waals surface area contributed by atoms with Gasteiger partial charge in [0.2, 0.25) is 0 Å². The Kier molecular flexibility index (Phi) is 5.09. The summed E-state index contributed by atoms with van der Waals surface area (Å²) in [7, 11) is 2.92. The monoisotopic (exact) mass is 270 g/mol. The molecule has 98 valence electrons. The highest BCUT2D eigenvalue weighted by molar-refractivity contribution is 6.33. The molecule has 0 aromatic carbocycles. The fourth-order valence-electron chi connectivity index (χ4n) is 1.51. The van der Waals surface area contributed by atoms with Crippen molar-refractivity contribution < 1.29 is 14.3 Å². The van der Waals surface area contributed by atoms with Crippen LogP contribution in [-0.4, -0.2) is 42.5 Å². The van der Waals surface area contributed by atoms with Gasteiger partial charge in [0.25, 0.3) is 5.91 Å². The van der Waals surface area contributed by atoms with E-state index in [0.717, 1.165) is 0 Å². The van der Waals surface area contributed by atoms with Gasteiger partial charge in [-0.05, 0) is 6.07 Å². The van der Waals surface area contributed by atoms with Crippen molar-refractivity contribution in [3.8, 4) is 0 Å². The number of ether oxygens (including phenoxy) is 1. The first-order valence-electron chi connectivity index (χ1n) is 5.40. The van der Waals surface area contributed by atoms with Crippen LogP contribution in [0.1, 0.15) is 17.3 Å². The third-order valence-electron chi connectivity index (χ3n) is 2.50. The van der Waals surface area contributed by atoms with Crippen molar-refractivity contribution in [2.75, 3.05) is 20.7 Å². The first-order valence-corrected chi connectivity index (χ1v) is 5.78. The Balaban J connectivity index is 2.74. The Bertz CT molecular complexity index is 451. The van der Waals surface area contributed by atoms with E-state index in [1.54, 1.807) is 20.0 Å². The summed E-state index contributed by atoms with van der Waals surface area (Å²) in [5, 5.41) is 0.340. The molecule has 1 unspecified atom stereocenters. The average molecular weight is 271 g/mol. The van der Waals surface area contributed by atoms with Gasteiger partial charge in [-0.2, -0.15) is 0 Å². The summed E-state index contributed by atoms with van der Waals surface area (Å²) < 4.78 is 4.61. The number of aromatic nitrogens is 1. The zero-order valence-electron chi connectivity index (χ0n) is 10.5. The van der Waals surface area contributed by atoms with E-state index in [1.807, 2.05) is 0 Å². The minimum atomic E-state index is -0.389. The number of esters is 1. The SMILES string of the molecule is COC(=O)C(C)CN(C)C(=O)c1cnccc1Cl. The van der Waals surface area contributed by atoms with Crippen LogP contribution in [0.4, 0.5) is 0 Å². The van der Waals surface area contributed by atoms with Gasteiger partial charge in [0.15, 0.2) is 0 Å². The maximum absolute atomic E-state index is 12.1. The van der Waals surface area contributed by atoms with Gasteiger partial charge in [0.05, 0.1) is 23.6 Å². The predicted molar refractivity (Wildman–Crippen MR) is 67.4 cm³/mol. The maximum Gasteiger partial charge on any atom is 0.310 e. The summed E-state index contributed by atoms with van der Waals surface area (Å²) in [5.74, 6) is -1.02. The molecule has 1 aromatic heterocycles. The minimum Gasteiger partial charge on any atom is -0.469 e. The molecule has 0 saturated carbocycles. The molecule has 1 amide bonds. The van der Waals surface area contributed by atoms with Gasteiger partial charge in [0, 0.05) is 26.0 Å². The van der Waals surface area contributed by atoms with Gasteiger partial charge in [-0.3, -0.25) is 14.6 Å². The van der Waals surface area contributed by atoms with E-state index in [2.05, 4.69) is 9.72 Å². The topological polar surface area (TPSA) is 59.5 Å². The molecule has 18 heavy (non-hydrogen) atoms. The fourth-order valence-corrected chi connectivity index (χ4v) is 1.70. The zero-order chi connectivity index (χ0) is 13.7. The smallest absolute Gasteiger partial charge is 0.310 e. The second-order valence-electron chi connectivity index (χ2n) is 3.97. The standard InChI is InChI=1S/C12H15ClN2O3/c1-8(12(17)18-3)7-15(2)11(16)9-6-14-5-4-10(9)13/h4-6,8H,7H2,1-3H3. The summed E-state index contributed by atoms with van der Waals surface area (Å²) in [6, 6.07) is 1.55. The van der Waals surface area contributed by atoms with Crippen LogP contribution in [0.3, 0.4) is 0 Å². The first kappa shape index (κ1) is 14.4. The van der Waals surface area contributed by atoms with E-state index in [1.165, 1.54) is 24.4 Å². The molecule has 1 rings (SSSR count). The lowest BCUT2D eigenvalue weighted by atomic mass is 10.1. The lowest BCUT2D eigenvalue weighted by Gasteiger charge is -2.20. The highest BCUT2D eigenvalue weighted by Gasteiger charge is 2.21. The normalized spacial score (nSPS) is 11.8. The van der Waals surface area contributed by atoms with Gasteiger partial charge in [-0.1, -0.05) is 18.5 Å². The number of hydrogen-bond acceptors (Lipinski definition) is 4. The number of halogens is 1. The van der Waals surface area contributed by atoms with E-state index < -0.39 is 0 Å². The molecule has 0 aliphatic rings. The average Bonchev–Trinajstić information content (AvgIpc) is 2.37. The van der Waals surface area contributed by atoms with Crippen LogP contribution >= 0.6 is 11.6 Å². The number of amides is 1. The Hall–Kier alpha value is -1.62. The van der Waals surface area contributed by atoms with Crippen molar-refractivity contribution >= 4 is 23.5 Å². The summed E-state index contributed by atoms with van der Waals surface area (Å²) in [6.07, 6.45) is 2.92. The van der Waals surface area contributed by atoms with E-state index in [-0.39, 0.29) is 24.3 Å². The molecule has 0 fully saturated rings. The Morgan fingerprint density at radius 2 is 2.22 bits per heavy atom. The lowest BCUT2D eigenvalue weighted by Crippen LogP contribution is -2.34. The van der Waals surface area contributed by atoms with Crippen LogP contribution in [0, 0.1) is 5.92 Å². The molecule has 1 aromatic rings. The van der Waals surface area contributed by atoms with E-state index in [4.69, 9.17) is 11.6 Å². The molecule has 0 aliphatic carbocycles. The molecule has 0 spiro atoms. The molecule has 0 N–H and O–H groups in total. The van der Waals surface area contributed by atoms with Crippen LogP contribution in [0.2, 0.25) is 5.02 Å². The molecule has 0 radical (unpaired) electrons. The summed E-state index contributed by atoms with van der Waals surface area (Å²) in [5.41, 5.74) is 0.318. The quantitative estimate of drug-likeness (QED) is 0.780. The van der Waals surface area contributed by atoms with Crippen LogP contribution < -0.4 is 0 Å². The fraction of sp³-hybridized carbons (Fsp3) is 0.417. The third-order valence-corrected chi connectivity index (χ3v) is 2.83. The second-order valence-corrected chi connectivity index (χ2v) is 4.37. The van der Waals surface area contributed by atoms with Gasteiger partial charge >= 0.3 is 5.97 Å². The first-order chi connectivity index (χ1) is 8.47. The Morgan fingerprint density at radius 3 is 2.78 bits per heavy atom. The van der Waals surface area contributed by atoms with Crippen molar-refractivity contribution in [3.63, 3.8) is 0 Å². The van der Waals surface area contributed by atoms with Gasteiger partial charge in [-0.25, -0.2) is 0 Å². The summed E-state index contributed by atoms with van der Waals surface area (Å²) in [4.78, 5) is 28.6. The number of rotatable bonds is 4. The Labute approximate surface area is 111 Å². The molecule has 0 saturated heterocycles. The van der Waals surface area contributed by atoms with Crippen LogP contribution in [-0.2, 0) is 9.53 Å². The van der Waals surface area contributed by atoms with Gasteiger partial charge in [-0.15, -0.1) is 0 Å². The maximum atomic E-state index is 12.1. The summed E-state index contributed by atoms with van der Waals surface area (Å²) in [6.45, 7) is 1.96. The number of carbonyl (C=O) groups excluding carboxylic acids is 2. The zero-order valence-corrected chi connectivity index (χ0v) is 11.3. The molecule has 6 heteroatoms. The number of hydrogen-bond donors (Lipinski definition) is 0. The van der Waals surface area contributed by atoms with Crippen molar-refractivity contribution in [1.82, 2.24) is 9.88 Å². The van der Waals surface area contributed by atoms with E-state index >= 15 is 0 Å². The second kappa shape index (κ2) is 6.35. The van der Waals surface area contributed by atoms with Crippen molar-refractivity contribution in [3.05, 3.63) is 29.0 Å². The Morgan fingerprint density at radius 1 is 1.56 bits per heavy atom. The van der Waals surface area contributed by atoms with Crippen molar-refractivity contribution in [2.45, 2.75) is 6.92 Å². The van der Waals surface area contributed by atoms with Gasteiger partial charge in [0.1, 0.15) is 0 Å². The highest BCUT2D eigenvalue weighted by Crippen LogP contribution is 2.16. The molecular weight excluding hydrogens is 256 g/mol. The van der Waals surface area contributed by atoms with Crippen molar-refractivity contribution in [2.24, 2.45) is 5.92 Å². The number of nitrogens with zero attached hydrogens (tertiary/aromatic N) is 2. The van der Waals surface area contributed by atoms with E-state index in [0.29, 0.717) is 10.6 Å². The predicted octanol–water partition coefficient (Wildman–Crippen LogP) is 1.62. The van der Waals surface area contributed by atoms with Crippen LogP contribution in [0.25, 0.3) is 0 Å². The largest absolute Gasteiger partial charge is 0.469 e. The molecule has 1 atom stereocenters. The molecule has 1 heterocycles. The molecular formula is C12H15ClN2O3. The molecule has 0 bridgehead atoms. The minimum absolute atomic E-state index is 0.261. The lowest BCUT2D eigenvalue weighted by molar-refractivity contribution is -0.145. The summed E-state index contributed by atoms with van der Waals surface area (Å²) >= 11 is 5.91. The molecule has 5 nitrogen and oxygen atoms in total. The third kappa shape index (κ3) is 3.43. The number of pyridine rings is 1. The highest BCUT2D eigenvalue weighted by atomic mass is 35.5. The number of carbonyl (C=O) groups is 2. The number of methoxy groups -OCH3 is 1. The van der Waals surface area contributed by atoms with E-state index in [9.17, 15) is 9.59 Å².